The monoisotopic (exact) mass is 512 g/mol. The molecule has 0 amide bonds. The highest BCUT2D eigenvalue weighted by Crippen LogP contribution is 2.37. The molecule has 0 atom stereocenters. The Hall–Kier alpha value is -5.35. The van der Waals surface area contributed by atoms with Gasteiger partial charge in [0, 0.05) is 44.9 Å². The van der Waals surface area contributed by atoms with Crippen LogP contribution in [-0.2, 0) is 0 Å². The predicted molar refractivity (Wildman–Crippen MR) is 165 cm³/mol. The number of fused-ring (bicyclic) bond motifs is 7. The average molecular weight is 513 g/mol. The van der Waals surface area contributed by atoms with Crippen molar-refractivity contribution < 1.29 is 0 Å². The van der Waals surface area contributed by atoms with Gasteiger partial charge in [0.2, 0.25) is 0 Å². The lowest BCUT2D eigenvalue weighted by Crippen LogP contribution is -2.42. The number of hydrogen-bond donors (Lipinski definition) is 2. The number of hydrogen-bond acceptors (Lipinski definition) is 3. The van der Waals surface area contributed by atoms with Gasteiger partial charge in [-0.1, -0.05) is 72.8 Å². The number of aromatic nitrogens is 2. The molecule has 2 aromatic heterocycles. The zero-order valence-electron chi connectivity index (χ0n) is 21.6. The topological polar surface area (TPSA) is 41.9 Å². The summed E-state index contributed by atoms with van der Waals surface area (Å²) >= 11 is 0. The molecule has 2 aliphatic heterocycles. The third-order valence-corrected chi connectivity index (χ3v) is 8.33. The zero-order valence-corrected chi connectivity index (χ0v) is 21.6. The molecule has 188 valence electrons. The molecular formula is C36H24N4. The number of pyridine rings is 1. The zero-order chi connectivity index (χ0) is 26.2. The van der Waals surface area contributed by atoms with E-state index in [2.05, 4.69) is 137 Å². The quantitative estimate of drug-likeness (QED) is 0.274. The van der Waals surface area contributed by atoms with Gasteiger partial charge in [-0.2, -0.15) is 0 Å². The Morgan fingerprint density at radius 3 is 2.33 bits per heavy atom. The maximum Gasteiger partial charge on any atom is 0.141 e. The fourth-order valence-electron chi connectivity index (χ4n) is 6.54. The van der Waals surface area contributed by atoms with E-state index in [1.807, 2.05) is 0 Å². The summed E-state index contributed by atoms with van der Waals surface area (Å²) in [6.07, 6.45) is 2.28. The number of benzene rings is 5. The lowest BCUT2D eigenvalue weighted by molar-refractivity contribution is 1.00. The van der Waals surface area contributed by atoms with Gasteiger partial charge in [0.15, 0.2) is 0 Å². The van der Waals surface area contributed by atoms with Gasteiger partial charge in [-0.15, -0.1) is 0 Å². The molecule has 0 aliphatic carbocycles. The van der Waals surface area contributed by atoms with Crippen molar-refractivity contribution >= 4 is 56.0 Å². The van der Waals surface area contributed by atoms with Gasteiger partial charge in [-0.3, -0.25) is 0 Å². The summed E-state index contributed by atoms with van der Waals surface area (Å²) in [4.78, 5) is 4.98. The molecule has 0 spiro atoms. The standard InChI is InChI=1S/C36H24N4/c1-2-8-24(9-3-1)40-32-13-7-5-11-26(32)28-20-23(15-17-33(28)40)22-14-16-31-29(21-22)35-34-27(18-19-37-35)25-10-4-6-12-30(25)38-36(34)39-31/h1-18,20-21,37H,19H2,(H,38,39). The number of nitrogens with zero attached hydrogens (tertiary/aromatic N) is 2. The molecule has 0 radical (unpaired) electrons. The molecule has 2 N–H and O–H groups in total. The molecule has 4 heterocycles. The van der Waals surface area contributed by atoms with E-state index in [-0.39, 0.29) is 0 Å². The number of rotatable bonds is 2. The number of para-hydroxylation sites is 3. The Labute approximate surface area is 230 Å². The van der Waals surface area contributed by atoms with Crippen molar-refractivity contribution in [2.75, 3.05) is 11.9 Å². The van der Waals surface area contributed by atoms with Gasteiger partial charge in [0.05, 0.1) is 22.2 Å². The van der Waals surface area contributed by atoms with Gasteiger partial charge in [-0.25, -0.2) is 4.98 Å². The van der Waals surface area contributed by atoms with Gasteiger partial charge in [-0.05, 0) is 64.9 Å². The molecule has 40 heavy (non-hydrogen) atoms. The summed E-state index contributed by atoms with van der Waals surface area (Å²) in [6, 6.07) is 41.3. The highest BCUT2D eigenvalue weighted by atomic mass is 15.0. The van der Waals surface area contributed by atoms with Crippen molar-refractivity contribution in [2.45, 2.75) is 0 Å². The van der Waals surface area contributed by atoms with Crippen LogP contribution in [-0.4, -0.2) is 16.1 Å². The number of anilines is 2. The Morgan fingerprint density at radius 1 is 0.650 bits per heavy atom. The normalized spacial score (nSPS) is 13.4. The van der Waals surface area contributed by atoms with E-state index in [4.69, 9.17) is 4.98 Å². The van der Waals surface area contributed by atoms with Crippen LogP contribution in [0.1, 0.15) is 5.56 Å². The molecule has 9 rings (SSSR count). The molecular weight excluding hydrogens is 488 g/mol. The summed E-state index contributed by atoms with van der Waals surface area (Å²) in [5, 5.41) is 13.4. The maximum atomic E-state index is 4.98. The molecule has 0 unspecified atom stereocenters. The molecule has 0 bridgehead atoms. The number of nitrogens with one attached hydrogen (secondary N) is 2. The van der Waals surface area contributed by atoms with Gasteiger partial charge >= 0.3 is 0 Å². The first-order valence-corrected chi connectivity index (χ1v) is 13.7. The van der Waals surface area contributed by atoms with Crippen LogP contribution in [0.3, 0.4) is 0 Å². The van der Waals surface area contributed by atoms with Crippen LogP contribution in [0.2, 0.25) is 0 Å². The van der Waals surface area contributed by atoms with Crippen LogP contribution in [0.5, 0.6) is 0 Å². The van der Waals surface area contributed by atoms with Crippen molar-refractivity contribution in [1.29, 1.82) is 0 Å². The van der Waals surface area contributed by atoms with Crippen LogP contribution in [0, 0.1) is 0 Å². The summed E-state index contributed by atoms with van der Waals surface area (Å²) in [5.74, 6) is 0.919. The Kier molecular flexibility index (Phi) is 4.35. The highest BCUT2D eigenvalue weighted by molar-refractivity contribution is 6.10. The van der Waals surface area contributed by atoms with Crippen LogP contribution in [0.4, 0.5) is 11.5 Å². The minimum Gasteiger partial charge on any atom is -0.380 e. The first-order valence-electron chi connectivity index (χ1n) is 13.7. The van der Waals surface area contributed by atoms with E-state index in [1.54, 1.807) is 0 Å². The van der Waals surface area contributed by atoms with E-state index in [0.717, 1.165) is 34.5 Å². The lowest BCUT2D eigenvalue weighted by Gasteiger charge is -2.25. The molecule has 7 aromatic rings. The van der Waals surface area contributed by atoms with Crippen molar-refractivity contribution in [3.8, 4) is 16.8 Å². The Balaban J connectivity index is 1.26. The minimum atomic E-state index is 0.796. The third-order valence-electron chi connectivity index (χ3n) is 8.33. The second-order valence-electron chi connectivity index (χ2n) is 10.5. The molecule has 5 aromatic carbocycles. The van der Waals surface area contributed by atoms with Crippen LogP contribution < -0.4 is 21.1 Å². The van der Waals surface area contributed by atoms with Crippen LogP contribution in [0.25, 0.3) is 61.3 Å². The first-order chi connectivity index (χ1) is 19.8. The highest BCUT2D eigenvalue weighted by Gasteiger charge is 2.22. The molecule has 4 heteroatoms. The van der Waals surface area contributed by atoms with E-state index < -0.39 is 0 Å². The second kappa shape index (κ2) is 8.08. The minimum absolute atomic E-state index is 0.796. The molecule has 4 nitrogen and oxygen atoms in total. The van der Waals surface area contributed by atoms with Crippen molar-refractivity contribution in [1.82, 2.24) is 14.9 Å². The fourth-order valence-corrected chi connectivity index (χ4v) is 6.54. The second-order valence-corrected chi connectivity index (χ2v) is 10.5. The smallest absolute Gasteiger partial charge is 0.141 e. The summed E-state index contributed by atoms with van der Waals surface area (Å²) in [7, 11) is 0. The van der Waals surface area contributed by atoms with E-state index in [1.165, 1.54) is 54.8 Å². The summed E-state index contributed by atoms with van der Waals surface area (Å²) in [6.45, 7) is 0.796. The first kappa shape index (κ1) is 21.6. The van der Waals surface area contributed by atoms with Gasteiger partial charge < -0.3 is 15.2 Å². The lowest BCUT2D eigenvalue weighted by atomic mass is 9.94. The molecule has 0 saturated heterocycles. The molecule has 0 saturated carbocycles. The SMILES string of the molecule is C1=c2c3c(nc4ccccc24)Nc2ccc(-c4ccc5c(c4)c4ccccc4n5-c4ccccc4)cc2C=3NC1. The van der Waals surface area contributed by atoms with Gasteiger partial charge in [0.1, 0.15) is 5.82 Å². The van der Waals surface area contributed by atoms with Gasteiger partial charge in [0.25, 0.3) is 0 Å². The maximum absolute atomic E-state index is 4.98. The molecule has 2 aliphatic rings. The van der Waals surface area contributed by atoms with E-state index in [0.29, 0.717) is 0 Å². The largest absolute Gasteiger partial charge is 0.380 e. The Bertz CT molecular complexity index is 2290. The summed E-state index contributed by atoms with van der Waals surface area (Å²) in [5.41, 5.74) is 10.4. The van der Waals surface area contributed by atoms with E-state index >= 15 is 0 Å². The summed E-state index contributed by atoms with van der Waals surface area (Å²) < 4.78 is 2.36. The Morgan fingerprint density at radius 2 is 1.40 bits per heavy atom. The average Bonchev–Trinajstić information content (AvgIpc) is 3.35. The van der Waals surface area contributed by atoms with Crippen molar-refractivity contribution in [2.24, 2.45) is 0 Å². The fraction of sp³-hybridized carbons (Fsp3) is 0.0278. The van der Waals surface area contributed by atoms with Crippen LogP contribution >= 0.6 is 0 Å². The van der Waals surface area contributed by atoms with E-state index in [9.17, 15) is 0 Å². The molecule has 0 fully saturated rings. The predicted octanol–water partition coefficient (Wildman–Crippen LogP) is 6.60. The van der Waals surface area contributed by atoms with Crippen molar-refractivity contribution in [3.05, 3.63) is 131 Å². The van der Waals surface area contributed by atoms with Crippen LogP contribution in [0.15, 0.2) is 115 Å². The van der Waals surface area contributed by atoms with Crippen molar-refractivity contribution in [3.63, 3.8) is 0 Å². The third kappa shape index (κ3) is 2.99.